The average molecular weight is 608 g/mol. The molecule has 3 N–H and O–H groups in total. The fourth-order valence-electron chi connectivity index (χ4n) is 5.23. The molecule has 1 aliphatic heterocycles. The molecule has 6 rings (SSSR count). The van der Waals surface area contributed by atoms with E-state index in [0.717, 1.165) is 35.2 Å². The molecule has 11 nitrogen and oxygen atoms in total. The van der Waals surface area contributed by atoms with Crippen molar-refractivity contribution in [2.75, 3.05) is 19.6 Å². The Bertz CT molecular complexity index is 1670. The van der Waals surface area contributed by atoms with Gasteiger partial charge in [-0.05, 0) is 46.5 Å². The maximum Gasteiger partial charge on any atom is 0.420 e. The number of nitrogens with one attached hydrogen (secondary N) is 2. The Labute approximate surface area is 255 Å². The van der Waals surface area contributed by atoms with Crippen LogP contribution in [-0.2, 0) is 17.8 Å². The van der Waals surface area contributed by atoms with E-state index in [0.29, 0.717) is 30.0 Å². The summed E-state index contributed by atoms with van der Waals surface area (Å²) in [6, 6.07) is 22.6. The number of oxazole rings is 1. The Morgan fingerprint density at radius 3 is 2.64 bits per heavy atom. The highest BCUT2D eigenvalue weighted by atomic mass is 32.1. The van der Waals surface area contributed by atoms with E-state index < -0.39 is 5.76 Å². The lowest BCUT2D eigenvalue weighted by Crippen LogP contribution is -2.38. The van der Waals surface area contributed by atoms with Crippen LogP contribution in [0.2, 0.25) is 0 Å². The molecule has 0 saturated carbocycles. The average Bonchev–Trinajstić information content (AvgIpc) is 3.71. The Morgan fingerprint density at radius 1 is 1.07 bits per heavy atom. The lowest BCUT2D eigenvalue weighted by molar-refractivity contribution is -0.121. The Hall–Kier alpha value is -3.91. The van der Waals surface area contributed by atoms with Gasteiger partial charge in [-0.2, -0.15) is 32.2 Å². The standard InChI is InChI=1S/C29H29N7O4.2H2S/c37-23-11-12-35(17-23)18-24(21-6-2-1-3-7-21)30-27(38)15-19-9-10-26-25(14-19)36(29(39)40-26)16-20-5-4-8-22(13-20)28-31-33-34-32-28;;/h1-10,13-14,23-24,37H,11-12,15-18H2,(H,30,38)(H,31,32,33,34);2*1H2/t23-,24-;;/m1../s1. The van der Waals surface area contributed by atoms with E-state index in [1.54, 1.807) is 16.7 Å². The maximum atomic E-state index is 13.2. The van der Waals surface area contributed by atoms with Gasteiger partial charge in [0.25, 0.3) is 0 Å². The molecule has 13 heteroatoms. The SMILES string of the molecule is O=C(Cc1ccc2oc(=O)n(Cc3cccc(-c4nn[nH]n4)c3)c2c1)N[C@H](CN1CC[C@@H](O)C1)c1ccccc1.S.S. The summed E-state index contributed by atoms with van der Waals surface area (Å²) >= 11 is 0. The largest absolute Gasteiger partial charge is 0.420 e. The molecule has 0 spiro atoms. The van der Waals surface area contributed by atoms with Crippen molar-refractivity contribution >= 4 is 44.0 Å². The van der Waals surface area contributed by atoms with Crippen LogP contribution in [0.3, 0.4) is 0 Å². The number of amides is 1. The topological polar surface area (TPSA) is 142 Å². The number of tetrazole rings is 1. The van der Waals surface area contributed by atoms with Gasteiger partial charge in [0, 0.05) is 25.2 Å². The van der Waals surface area contributed by atoms with E-state index in [1.807, 2.05) is 60.7 Å². The molecule has 42 heavy (non-hydrogen) atoms. The molecule has 0 radical (unpaired) electrons. The molecule has 220 valence electrons. The molecule has 2 aromatic heterocycles. The van der Waals surface area contributed by atoms with Gasteiger partial charge in [-0.3, -0.25) is 14.3 Å². The molecule has 1 aliphatic rings. The minimum atomic E-state index is -0.474. The van der Waals surface area contributed by atoms with E-state index >= 15 is 0 Å². The van der Waals surface area contributed by atoms with Crippen molar-refractivity contribution in [1.82, 2.24) is 35.4 Å². The summed E-state index contributed by atoms with van der Waals surface area (Å²) in [6.45, 7) is 2.31. The molecule has 2 atom stereocenters. The van der Waals surface area contributed by atoms with E-state index in [-0.39, 0.29) is 58.0 Å². The van der Waals surface area contributed by atoms with Crippen LogP contribution in [0.25, 0.3) is 22.5 Å². The predicted molar refractivity (Wildman–Crippen MR) is 168 cm³/mol. The van der Waals surface area contributed by atoms with Gasteiger partial charge in [0.05, 0.1) is 30.6 Å². The number of hydrogen-bond acceptors (Lipinski definition) is 8. The number of nitrogens with zero attached hydrogens (tertiary/aromatic N) is 5. The number of H-pyrrole nitrogens is 1. The number of fused-ring (bicyclic) bond motifs is 1. The molecule has 5 aromatic rings. The second-order valence-corrected chi connectivity index (χ2v) is 10.1. The summed E-state index contributed by atoms with van der Waals surface area (Å²) in [7, 11) is 0. The zero-order valence-electron chi connectivity index (χ0n) is 22.7. The highest BCUT2D eigenvalue weighted by molar-refractivity contribution is 7.59. The molecule has 1 saturated heterocycles. The van der Waals surface area contributed by atoms with Crippen LogP contribution in [-0.4, -0.2) is 66.8 Å². The Balaban J connectivity index is 0.00000202. The number of aliphatic hydroxyl groups is 1. The van der Waals surface area contributed by atoms with Gasteiger partial charge in [0.1, 0.15) is 0 Å². The number of benzene rings is 3. The van der Waals surface area contributed by atoms with Crippen LogP contribution in [0.5, 0.6) is 0 Å². The number of rotatable bonds is 9. The minimum absolute atomic E-state index is 0. The van der Waals surface area contributed by atoms with E-state index in [4.69, 9.17) is 4.42 Å². The molecule has 3 heterocycles. The fraction of sp³-hybridized carbons (Fsp3) is 0.276. The monoisotopic (exact) mass is 607 g/mol. The number of carbonyl (C=O) groups excluding carboxylic acids is 1. The molecule has 0 unspecified atom stereocenters. The van der Waals surface area contributed by atoms with Gasteiger partial charge in [-0.25, -0.2) is 4.79 Å². The molecule has 1 amide bonds. The molecular formula is C29H33N7O4S2. The van der Waals surface area contributed by atoms with E-state index in [2.05, 4.69) is 30.8 Å². The lowest BCUT2D eigenvalue weighted by atomic mass is 10.1. The summed E-state index contributed by atoms with van der Waals surface area (Å²) in [5, 5.41) is 27.2. The van der Waals surface area contributed by atoms with Gasteiger partial charge in [0.2, 0.25) is 11.7 Å². The van der Waals surface area contributed by atoms with Crippen molar-refractivity contribution in [3.63, 3.8) is 0 Å². The highest BCUT2D eigenvalue weighted by Crippen LogP contribution is 2.21. The van der Waals surface area contributed by atoms with Crippen LogP contribution in [0.4, 0.5) is 0 Å². The van der Waals surface area contributed by atoms with Crippen LogP contribution in [0.15, 0.2) is 82.0 Å². The first-order chi connectivity index (χ1) is 19.5. The first kappa shape index (κ1) is 31.0. The number of β-amino-alcohol motifs (C(OH)–C–C–N with tert-alkyl or cyclic N) is 1. The number of aliphatic hydroxyl groups excluding tert-OH is 1. The van der Waals surface area contributed by atoms with Gasteiger partial charge >= 0.3 is 5.76 Å². The normalized spacial score (nSPS) is 15.6. The van der Waals surface area contributed by atoms with Crippen molar-refractivity contribution in [1.29, 1.82) is 0 Å². The van der Waals surface area contributed by atoms with Crippen molar-refractivity contribution in [3.8, 4) is 11.4 Å². The summed E-state index contributed by atoms with van der Waals surface area (Å²) in [4.78, 5) is 28.1. The lowest BCUT2D eigenvalue weighted by Gasteiger charge is -2.25. The third kappa shape index (κ3) is 7.10. The Kier molecular flexibility index (Phi) is 10.2. The van der Waals surface area contributed by atoms with Crippen molar-refractivity contribution < 1.29 is 14.3 Å². The molecular weight excluding hydrogens is 574 g/mol. The second kappa shape index (κ2) is 13.8. The number of aromatic amines is 1. The third-order valence-electron chi connectivity index (χ3n) is 7.19. The smallest absolute Gasteiger partial charge is 0.408 e. The van der Waals surface area contributed by atoms with Crippen LogP contribution >= 0.6 is 27.0 Å². The number of carbonyl (C=O) groups is 1. The maximum absolute atomic E-state index is 13.2. The number of hydrogen-bond donors (Lipinski definition) is 3. The fourth-order valence-corrected chi connectivity index (χ4v) is 5.23. The first-order valence-corrected chi connectivity index (χ1v) is 13.2. The van der Waals surface area contributed by atoms with Crippen molar-refractivity contribution in [2.24, 2.45) is 0 Å². The third-order valence-corrected chi connectivity index (χ3v) is 7.19. The van der Waals surface area contributed by atoms with E-state index in [1.165, 1.54) is 0 Å². The molecule has 3 aromatic carbocycles. The molecule has 0 bridgehead atoms. The summed E-state index contributed by atoms with van der Waals surface area (Å²) in [5.74, 6) is -0.133. The summed E-state index contributed by atoms with van der Waals surface area (Å²) < 4.78 is 7.03. The van der Waals surface area contributed by atoms with Gasteiger partial charge < -0.3 is 14.8 Å². The Morgan fingerprint density at radius 2 is 1.90 bits per heavy atom. The van der Waals surface area contributed by atoms with Crippen LogP contribution < -0.4 is 11.1 Å². The summed E-state index contributed by atoms with van der Waals surface area (Å²) in [6.07, 6.45) is 0.561. The number of aromatic nitrogens is 5. The summed E-state index contributed by atoms with van der Waals surface area (Å²) in [5.41, 5.74) is 4.50. The zero-order chi connectivity index (χ0) is 27.5. The van der Waals surface area contributed by atoms with Crippen LogP contribution in [0.1, 0.15) is 29.2 Å². The first-order valence-electron chi connectivity index (χ1n) is 13.2. The minimum Gasteiger partial charge on any atom is -0.408 e. The predicted octanol–water partition coefficient (Wildman–Crippen LogP) is 2.52. The van der Waals surface area contributed by atoms with Gasteiger partial charge in [-0.15, -0.1) is 10.2 Å². The van der Waals surface area contributed by atoms with Crippen LogP contribution in [0, 0.1) is 0 Å². The molecule has 0 aliphatic carbocycles. The second-order valence-electron chi connectivity index (χ2n) is 10.1. The quantitative estimate of drug-likeness (QED) is 0.232. The van der Waals surface area contributed by atoms with E-state index in [9.17, 15) is 14.7 Å². The highest BCUT2D eigenvalue weighted by Gasteiger charge is 2.25. The number of likely N-dealkylation sites (tertiary alicyclic amines) is 1. The van der Waals surface area contributed by atoms with Gasteiger partial charge in [0.15, 0.2) is 5.58 Å². The molecule has 1 fully saturated rings. The van der Waals surface area contributed by atoms with Crippen molar-refractivity contribution in [3.05, 3.63) is 100 Å². The van der Waals surface area contributed by atoms with Gasteiger partial charge in [-0.1, -0.05) is 54.6 Å². The zero-order valence-corrected chi connectivity index (χ0v) is 24.7. The van der Waals surface area contributed by atoms with Crippen molar-refractivity contribution in [2.45, 2.75) is 31.5 Å².